The molecular formula is C13H18O3. The minimum Gasteiger partial charge on any atom is -0.396 e. The lowest BCUT2D eigenvalue weighted by Crippen LogP contribution is -2.30. The first kappa shape index (κ1) is 11.6. The molecule has 0 radical (unpaired) electrons. The zero-order valence-corrected chi connectivity index (χ0v) is 9.30. The van der Waals surface area contributed by atoms with Crippen LogP contribution in [0.5, 0.6) is 0 Å². The summed E-state index contributed by atoms with van der Waals surface area (Å²) < 4.78 is 5.45. The van der Waals surface area contributed by atoms with Gasteiger partial charge in [0.1, 0.15) is 0 Å². The average molecular weight is 222 g/mol. The summed E-state index contributed by atoms with van der Waals surface area (Å²) in [6, 6.07) is 9.87. The van der Waals surface area contributed by atoms with Gasteiger partial charge in [0, 0.05) is 5.41 Å². The van der Waals surface area contributed by atoms with Crippen molar-refractivity contribution in [2.24, 2.45) is 5.41 Å². The third kappa shape index (κ3) is 2.61. The fraction of sp³-hybridized carbons (Fsp3) is 0.538. The van der Waals surface area contributed by atoms with Crippen molar-refractivity contribution in [1.82, 2.24) is 0 Å². The van der Waals surface area contributed by atoms with Crippen molar-refractivity contribution in [2.75, 3.05) is 13.2 Å². The Balaban J connectivity index is 1.72. The predicted octanol–water partition coefficient (Wildman–Crippen LogP) is 1.34. The summed E-state index contributed by atoms with van der Waals surface area (Å²) in [6.45, 7) is 0.873. The Bertz CT molecular complexity index is 319. The number of hydrogen-bond donors (Lipinski definition) is 2. The second-order valence-electron chi connectivity index (χ2n) is 4.54. The van der Waals surface area contributed by atoms with E-state index >= 15 is 0 Å². The smallest absolute Gasteiger partial charge is 0.0851 e. The monoisotopic (exact) mass is 222 g/mol. The van der Waals surface area contributed by atoms with Crippen molar-refractivity contribution >= 4 is 0 Å². The van der Waals surface area contributed by atoms with Gasteiger partial charge in [0.05, 0.1) is 25.9 Å². The maximum atomic E-state index is 9.83. The van der Waals surface area contributed by atoms with Gasteiger partial charge in [-0.3, -0.25) is 0 Å². The Labute approximate surface area is 95.7 Å². The van der Waals surface area contributed by atoms with Gasteiger partial charge in [-0.1, -0.05) is 30.3 Å². The second-order valence-corrected chi connectivity index (χ2v) is 4.54. The van der Waals surface area contributed by atoms with Gasteiger partial charge >= 0.3 is 0 Å². The van der Waals surface area contributed by atoms with Gasteiger partial charge in [-0.15, -0.1) is 0 Å². The van der Waals surface area contributed by atoms with Crippen LogP contribution in [0.3, 0.4) is 0 Å². The number of rotatable bonds is 6. The zero-order valence-electron chi connectivity index (χ0n) is 9.30. The first-order chi connectivity index (χ1) is 7.77. The lowest BCUT2D eigenvalue weighted by Gasteiger charge is -2.19. The third-order valence-corrected chi connectivity index (χ3v) is 3.30. The molecular weight excluding hydrogens is 204 g/mol. The third-order valence-electron chi connectivity index (χ3n) is 3.30. The first-order valence-corrected chi connectivity index (χ1v) is 5.67. The molecule has 0 aliphatic heterocycles. The van der Waals surface area contributed by atoms with Crippen LogP contribution in [0, 0.1) is 5.41 Å². The van der Waals surface area contributed by atoms with Gasteiger partial charge in [0.15, 0.2) is 0 Å². The summed E-state index contributed by atoms with van der Waals surface area (Å²) in [5.41, 5.74) is 0.833. The number of hydrogen-bond acceptors (Lipinski definition) is 3. The van der Waals surface area contributed by atoms with Crippen LogP contribution >= 0.6 is 0 Å². The van der Waals surface area contributed by atoms with E-state index in [9.17, 15) is 5.11 Å². The first-order valence-electron chi connectivity index (χ1n) is 5.67. The standard InChI is InChI=1S/C13H18O3/c14-10-13(6-7-13)12(15)9-16-8-11-4-2-1-3-5-11/h1-5,12,14-15H,6-10H2/t12-/m0/s1. The molecule has 1 atom stereocenters. The van der Waals surface area contributed by atoms with Crippen molar-refractivity contribution in [3.63, 3.8) is 0 Å². The molecule has 3 nitrogen and oxygen atoms in total. The molecule has 1 saturated carbocycles. The lowest BCUT2D eigenvalue weighted by molar-refractivity contribution is -0.0263. The second kappa shape index (κ2) is 4.95. The summed E-state index contributed by atoms with van der Waals surface area (Å²) in [4.78, 5) is 0. The molecule has 0 bridgehead atoms. The van der Waals surface area contributed by atoms with Crippen LogP contribution in [0.15, 0.2) is 30.3 Å². The van der Waals surface area contributed by atoms with Crippen LogP contribution in [0.4, 0.5) is 0 Å². The molecule has 1 aliphatic rings. The number of aliphatic hydroxyl groups excluding tert-OH is 2. The average Bonchev–Trinajstić information content (AvgIpc) is 3.11. The van der Waals surface area contributed by atoms with Crippen LogP contribution < -0.4 is 0 Å². The van der Waals surface area contributed by atoms with E-state index in [1.54, 1.807) is 0 Å². The molecule has 0 amide bonds. The normalized spacial score (nSPS) is 19.4. The van der Waals surface area contributed by atoms with Crippen molar-refractivity contribution in [1.29, 1.82) is 0 Å². The van der Waals surface area contributed by atoms with Gasteiger partial charge < -0.3 is 14.9 Å². The van der Waals surface area contributed by atoms with Gasteiger partial charge in [-0.05, 0) is 18.4 Å². The van der Waals surface area contributed by atoms with Crippen molar-refractivity contribution in [3.05, 3.63) is 35.9 Å². The molecule has 2 rings (SSSR count). The summed E-state index contributed by atoms with van der Waals surface area (Å²) in [7, 11) is 0. The fourth-order valence-corrected chi connectivity index (χ4v) is 1.80. The summed E-state index contributed by atoms with van der Waals surface area (Å²) >= 11 is 0. The van der Waals surface area contributed by atoms with E-state index in [-0.39, 0.29) is 12.0 Å². The molecule has 2 N–H and O–H groups in total. The molecule has 0 unspecified atom stereocenters. The Morgan fingerprint density at radius 2 is 1.94 bits per heavy atom. The molecule has 0 heterocycles. The highest BCUT2D eigenvalue weighted by Crippen LogP contribution is 2.48. The predicted molar refractivity (Wildman–Crippen MR) is 60.9 cm³/mol. The fourth-order valence-electron chi connectivity index (χ4n) is 1.80. The van der Waals surface area contributed by atoms with E-state index in [0.717, 1.165) is 18.4 Å². The molecule has 1 aromatic rings. The molecule has 1 aromatic carbocycles. The van der Waals surface area contributed by atoms with Crippen LogP contribution in [0.25, 0.3) is 0 Å². The molecule has 1 aliphatic carbocycles. The molecule has 0 spiro atoms. The summed E-state index contributed by atoms with van der Waals surface area (Å²) in [6.07, 6.45) is 1.26. The highest BCUT2D eigenvalue weighted by Gasteiger charge is 2.48. The Kier molecular flexibility index (Phi) is 3.59. The molecule has 1 fully saturated rings. The quantitative estimate of drug-likeness (QED) is 0.763. The number of benzene rings is 1. The van der Waals surface area contributed by atoms with Gasteiger partial charge in [0.25, 0.3) is 0 Å². The lowest BCUT2D eigenvalue weighted by atomic mass is 10.0. The van der Waals surface area contributed by atoms with E-state index < -0.39 is 6.10 Å². The van der Waals surface area contributed by atoms with E-state index in [1.165, 1.54) is 0 Å². The summed E-state index contributed by atoms with van der Waals surface area (Å²) in [5.74, 6) is 0. The van der Waals surface area contributed by atoms with Crippen molar-refractivity contribution in [3.8, 4) is 0 Å². The van der Waals surface area contributed by atoms with Crippen LogP contribution in [-0.2, 0) is 11.3 Å². The van der Waals surface area contributed by atoms with Crippen LogP contribution in [0.1, 0.15) is 18.4 Å². The number of aliphatic hydroxyl groups is 2. The Morgan fingerprint density at radius 1 is 1.25 bits per heavy atom. The van der Waals surface area contributed by atoms with Gasteiger partial charge in [-0.25, -0.2) is 0 Å². The van der Waals surface area contributed by atoms with Crippen LogP contribution in [0.2, 0.25) is 0 Å². The Hall–Kier alpha value is -0.900. The number of ether oxygens (including phenoxy) is 1. The van der Waals surface area contributed by atoms with Gasteiger partial charge in [0.2, 0.25) is 0 Å². The van der Waals surface area contributed by atoms with Gasteiger partial charge in [-0.2, -0.15) is 0 Å². The largest absolute Gasteiger partial charge is 0.396 e. The molecule has 0 saturated heterocycles. The van der Waals surface area contributed by atoms with Crippen LogP contribution in [-0.4, -0.2) is 29.5 Å². The van der Waals surface area contributed by atoms with E-state index in [0.29, 0.717) is 13.2 Å². The highest BCUT2D eigenvalue weighted by molar-refractivity contribution is 5.13. The minimum atomic E-state index is -0.541. The van der Waals surface area contributed by atoms with E-state index in [2.05, 4.69) is 0 Å². The maximum absolute atomic E-state index is 9.83. The molecule has 16 heavy (non-hydrogen) atoms. The minimum absolute atomic E-state index is 0.0584. The highest BCUT2D eigenvalue weighted by atomic mass is 16.5. The zero-order chi connectivity index (χ0) is 11.4. The molecule has 3 heteroatoms. The topological polar surface area (TPSA) is 49.7 Å². The van der Waals surface area contributed by atoms with E-state index in [4.69, 9.17) is 9.84 Å². The maximum Gasteiger partial charge on any atom is 0.0851 e. The van der Waals surface area contributed by atoms with Crippen molar-refractivity contribution in [2.45, 2.75) is 25.6 Å². The van der Waals surface area contributed by atoms with E-state index in [1.807, 2.05) is 30.3 Å². The molecule has 88 valence electrons. The summed E-state index contributed by atoms with van der Waals surface area (Å²) in [5, 5.41) is 19.0. The SMILES string of the molecule is OCC1([C@@H](O)COCc2ccccc2)CC1. The van der Waals surface area contributed by atoms with Crippen molar-refractivity contribution < 1.29 is 14.9 Å². The molecule has 0 aromatic heterocycles. The Morgan fingerprint density at radius 3 is 2.50 bits per heavy atom.